The Morgan fingerprint density at radius 3 is 2.83 bits per heavy atom. The first-order valence-corrected chi connectivity index (χ1v) is 8.03. The summed E-state index contributed by atoms with van der Waals surface area (Å²) < 4.78 is 1.82. The molecule has 0 saturated carbocycles. The van der Waals surface area contributed by atoms with E-state index in [0.29, 0.717) is 10.8 Å². The zero-order valence-electron chi connectivity index (χ0n) is 12.4. The molecule has 0 unspecified atom stereocenters. The fourth-order valence-corrected chi connectivity index (χ4v) is 2.75. The maximum Gasteiger partial charge on any atom is 0.289 e. The van der Waals surface area contributed by atoms with Gasteiger partial charge in [-0.15, -0.1) is 10.2 Å². The molecule has 2 rings (SSSR count). The summed E-state index contributed by atoms with van der Waals surface area (Å²) in [7, 11) is 1.83. The molecule has 2 aromatic rings. The third-order valence-corrected chi connectivity index (χ3v) is 4.34. The number of halogens is 1. The molecule has 0 spiro atoms. The lowest BCUT2D eigenvalue weighted by Crippen LogP contribution is -2.14. The Bertz CT molecular complexity index is 749. The van der Waals surface area contributed by atoms with E-state index < -0.39 is 4.92 Å². The van der Waals surface area contributed by atoms with Gasteiger partial charge < -0.3 is 9.88 Å². The number of anilines is 1. The first-order chi connectivity index (χ1) is 10.9. The number of aromatic nitrogens is 3. The van der Waals surface area contributed by atoms with Crippen molar-refractivity contribution < 1.29 is 9.72 Å². The Morgan fingerprint density at radius 1 is 1.48 bits per heavy atom. The highest BCUT2D eigenvalue weighted by molar-refractivity contribution is 7.99. The number of carbonyl (C=O) groups is 1. The molecule has 0 aliphatic rings. The van der Waals surface area contributed by atoms with Gasteiger partial charge in [-0.25, -0.2) is 0 Å². The molecule has 0 radical (unpaired) electrons. The molecule has 8 nitrogen and oxygen atoms in total. The molecule has 10 heteroatoms. The van der Waals surface area contributed by atoms with Gasteiger partial charge in [-0.1, -0.05) is 30.3 Å². The highest BCUT2D eigenvalue weighted by Gasteiger charge is 2.15. The smallest absolute Gasteiger partial charge is 0.289 e. The number of amides is 1. The number of hydrogen-bond acceptors (Lipinski definition) is 6. The van der Waals surface area contributed by atoms with Crippen LogP contribution >= 0.6 is 23.4 Å². The highest BCUT2D eigenvalue weighted by atomic mass is 35.5. The molecule has 0 atom stereocenters. The number of carbonyl (C=O) groups excluding carboxylic acids is 1. The van der Waals surface area contributed by atoms with Crippen LogP contribution in [0.2, 0.25) is 5.02 Å². The molecular weight excluding hydrogens is 342 g/mol. The SMILES string of the molecule is CCc1nnc(SCC(=O)Nc2ccc(Cl)c([N+](=O)[O-])c2)n1C. The average molecular weight is 356 g/mol. The molecule has 0 aliphatic carbocycles. The van der Waals surface area contributed by atoms with Crippen LogP contribution in [0.1, 0.15) is 12.7 Å². The van der Waals surface area contributed by atoms with Gasteiger partial charge in [-0.3, -0.25) is 14.9 Å². The van der Waals surface area contributed by atoms with E-state index >= 15 is 0 Å². The van der Waals surface area contributed by atoms with Crippen molar-refractivity contribution in [2.24, 2.45) is 7.05 Å². The zero-order valence-corrected chi connectivity index (χ0v) is 14.0. The molecule has 122 valence electrons. The molecule has 1 aromatic carbocycles. The van der Waals surface area contributed by atoms with Crippen molar-refractivity contribution in [3.8, 4) is 0 Å². The summed E-state index contributed by atoms with van der Waals surface area (Å²) in [6.45, 7) is 1.97. The molecule has 0 aliphatic heterocycles. The van der Waals surface area contributed by atoms with Crippen molar-refractivity contribution in [1.29, 1.82) is 0 Å². The summed E-state index contributed by atoms with van der Waals surface area (Å²) in [4.78, 5) is 22.2. The van der Waals surface area contributed by atoms with E-state index in [0.717, 1.165) is 12.2 Å². The molecule has 1 heterocycles. The number of aryl methyl sites for hydroxylation is 1. The fourth-order valence-electron chi connectivity index (χ4n) is 1.84. The number of nitro benzene ring substituents is 1. The van der Waals surface area contributed by atoms with Crippen LogP contribution in [-0.4, -0.2) is 31.3 Å². The minimum Gasteiger partial charge on any atom is -0.325 e. The van der Waals surface area contributed by atoms with Gasteiger partial charge in [0.25, 0.3) is 5.69 Å². The minimum atomic E-state index is -0.599. The van der Waals surface area contributed by atoms with Crippen LogP contribution in [0.3, 0.4) is 0 Å². The summed E-state index contributed by atoms with van der Waals surface area (Å²) in [6, 6.07) is 4.11. The molecule has 0 bridgehead atoms. The van der Waals surface area contributed by atoms with E-state index in [9.17, 15) is 14.9 Å². The van der Waals surface area contributed by atoms with Gasteiger partial charge in [0.2, 0.25) is 5.91 Å². The number of benzene rings is 1. The molecule has 1 aromatic heterocycles. The lowest BCUT2D eigenvalue weighted by molar-refractivity contribution is -0.384. The lowest BCUT2D eigenvalue weighted by Gasteiger charge is -2.06. The predicted octanol–water partition coefficient (Wildman–Crippen LogP) is 2.67. The topological polar surface area (TPSA) is 103 Å². The molecule has 23 heavy (non-hydrogen) atoms. The normalized spacial score (nSPS) is 10.6. The summed E-state index contributed by atoms with van der Waals surface area (Å²) in [6.07, 6.45) is 0.755. The number of hydrogen-bond donors (Lipinski definition) is 1. The van der Waals surface area contributed by atoms with Crippen molar-refractivity contribution in [3.63, 3.8) is 0 Å². The minimum absolute atomic E-state index is 0.0218. The van der Waals surface area contributed by atoms with Crippen LogP contribution in [-0.2, 0) is 18.3 Å². The van der Waals surface area contributed by atoms with E-state index in [2.05, 4.69) is 15.5 Å². The van der Waals surface area contributed by atoms with Crippen LogP contribution in [0.4, 0.5) is 11.4 Å². The van der Waals surface area contributed by atoms with Gasteiger partial charge in [0.15, 0.2) is 5.16 Å². The van der Waals surface area contributed by atoms with Gasteiger partial charge in [-0.05, 0) is 12.1 Å². The van der Waals surface area contributed by atoms with Crippen molar-refractivity contribution in [3.05, 3.63) is 39.2 Å². The summed E-state index contributed by atoms with van der Waals surface area (Å²) in [5.74, 6) is 0.653. The van der Waals surface area contributed by atoms with Crippen LogP contribution in [0, 0.1) is 10.1 Å². The van der Waals surface area contributed by atoms with E-state index in [1.807, 2.05) is 18.5 Å². The largest absolute Gasteiger partial charge is 0.325 e. The Kier molecular flexibility index (Phi) is 5.56. The quantitative estimate of drug-likeness (QED) is 0.485. The van der Waals surface area contributed by atoms with E-state index in [1.165, 1.54) is 30.0 Å². The molecule has 1 N–H and O–H groups in total. The number of thioether (sulfide) groups is 1. The van der Waals surface area contributed by atoms with Crippen LogP contribution < -0.4 is 5.32 Å². The van der Waals surface area contributed by atoms with Crippen molar-refractivity contribution in [2.75, 3.05) is 11.1 Å². The van der Waals surface area contributed by atoms with Crippen molar-refractivity contribution in [2.45, 2.75) is 18.5 Å². The maximum atomic E-state index is 11.9. The number of nitrogens with zero attached hydrogens (tertiary/aromatic N) is 4. The number of rotatable bonds is 6. The third-order valence-electron chi connectivity index (χ3n) is 3.00. The van der Waals surface area contributed by atoms with Crippen molar-refractivity contribution in [1.82, 2.24) is 14.8 Å². The second-order valence-corrected chi connectivity index (χ2v) is 5.92. The average Bonchev–Trinajstić information content (AvgIpc) is 2.87. The first kappa shape index (κ1) is 17.2. The summed E-state index contributed by atoms with van der Waals surface area (Å²) in [5.41, 5.74) is 0.0666. The van der Waals surface area contributed by atoms with Gasteiger partial charge in [0.1, 0.15) is 10.8 Å². The Labute approximate surface area is 141 Å². The zero-order chi connectivity index (χ0) is 17.0. The molecule has 0 fully saturated rings. The number of nitrogens with one attached hydrogen (secondary N) is 1. The first-order valence-electron chi connectivity index (χ1n) is 6.67. The highest BCUT2D eigenvalue weighted by Crippen LogP contribution is 2.27. The summed E-state index contributed by atoms with van der Waals surface area (Å²) in [5, 5.41) is 22.1. The van der Waals surface area contributed by atoms with Gasteiger partial charge in [-0.2, -0.15) is 0 Å². The van der Waals surface area contributed by atoms with E-state index in [1.54, 1.807) is 0 Å². The fraction of sp³-hybridized carbons (Fsp3) is 0.308. The Hall–Kier alpha value is -2.13. The van der Waals surface area contributed by atoms with Crippen LogP contribution in [0.15, 0.2) is 23.4 Å². The monoisotopic (exact) mass is 355 g/mol. The second kappa shape index (κ2) is 7.42. The van der Waals surface area contributed by atoms with Gasteiger partial charge >= 0.3 is 0 Å². The third kappa shape index (κ3) is 4.20. The van der Waals surface area contributed by atoms with Crippen LogP contribution in [0.5, 0.6) is 0 Å². The van der Waals surface area contributed by atoms with E-state index in [4.69, 9.17) is 11.6 Å². The summed E-state index contributed by atoms with van der Waals surface area (Å²) >= 11 is 6.97. The van der Waals surface area contributed by atoms with Gasteiger partial charge in [0.05, 0.1) is 10.7 Å². The Morgan fingerprint density at radius 2 is 2.22 bits per heavy atom. The standard InChI is InChI=1S/C13H14ClN5O3S/c1-3-11-16-17-13(18(11)2)23-7-12(20)15-8-4-5-9(14)10(6-8)19(21)22/h4-6H,3,7H2,1-2H3,(H,15,20). The van der Waals surface area contributed by atoms with Crippen LogP contribution in [0.25, 0.3) is 0 Å². The number of nitro groups is 1. The second-order valence-electron chi connectivity index (χ2n) is 4.57. The maximum absolute atomic E-state index is 11.9. The molecule has 0 saturated heterocycles. The van der Waals surface area contributed by atoms with Gasteiger partial charge in [0, 0.05) is 25.2 Å². The van der Waals surface area contributed by atoms with Crippen molar-refractivity contribution >= 4 is 40.6 Å². The lowest BCUT2D eigenvalue weighted by atomic mass is 10.3. The predicted molar refractivity (Wildman–Crippen MR) is 87.8 cm³/mol. The molecule has 1 amide bonds. The Balaban J connectivity index is 1.98. The molecular formula is C13H14ClN5O3S. The van der Waals surface area contributed by atoms with E-state index in [-0.39, 0.29) is 22.4 Å².